The molecule has 78 valence electrons. The van der Waals surface area contributed by atoms with E-state index in [1.54, 1.807) is 0 Å². The van der Waals surface area contributed by atoms with Crippen LogP contribution in [-0.2, 0) is 13.0 Å². The summed E-state index contributed by atoms with van der Waals surface area (Å²) < 4.78 is 2.14. The van der Waals surface area contributed by atoms with E-state index in [1.165, 1.54) is 12.8 Å². The van der Waals surface area contributed by atoms with E-state index in [4.69, 9.17) is 5.73 Å². The summed E-state index contributed by atoms with van der Waals surface area (Å²) in [6.07, 6.45) is 3.46. The van der Waals surface area contributed by atoms with Crippen LogP contribution in [0.1, 0.15) is 31.4 Å². The van der Waals surface area contributed by atoms with Crippen molar-refractivity contribution in [2.45, 2.75) is 45.7 Å². The molecule has 1 fully saturated rings. The number of nitrogens with two attached hydrogens (primary N) is 1. The molecule has 1 unspecified atom stereocenters. The molecule has 1 atom stereocenters. The molecule has 1 aliphatic rings. The maximum atomic E-state index is 6.06. The maximum absolute atomic E-state index is 6.06. The zero-order chi connectivity index (χ0) is 10.1. The van der Waals surface area contributed by atoms with Crippen LogP contribution in [0.3, 0.4) is 0 Å². The van der Waals surface area contributed by atoms with Crippen LogP contribution in [0.4, 0.5) is 0 Å². The molecule has 1 saturated carbocycles. The van der Waals surface area contributed by atoms with E-state index in [1.807, 2.05) is 6.92 Å². The Bertz CT molecular complexity index is 314. The van der Waals surface area contributed by atoms with E-state index in [0.29, 0.717) is 0 Å². The second-order valence-corrected chi connectivity index (χ2v) is 4.11. The molecule has 2 rings (SSSR count). The predicted molar refractivity (Wildman–Crippen MR) is 54.8 cm³/mol. The summed E-state index contributed by atoms with van der Waals surface area (Å²) in [7, 11) is 0. The fourth-order valence-corrected chi connectivity index (χ4v) is 1.89. The average Bonchev–Trinajstić information content (AvgIpc) is 2.93. The number of aryl methyl sites for hydroxylation is 1. The Hall–Kier alpha value is -0.900. The van der Waals surface area contributed by atoms with Gasteiger partial charge in [0.2, 0.25) is 0 Å². The van der Waals surface area contributed by atoms with Gasteiger partial charge < -0.3 is 10.3 Å². The first-order chi connectivity index (χ1) is 6.72. The molecule has 0 aromatic carbocycles. The highest BCUT2D eigenvalue weighted by atomic mass is 15.3. The minimum atomic E-state index is 0.281. The third kappa shape index (κ3) is 1.80. The van der Waals surface area contributed by atoms with Crippen LogP contribution >= 0.6 is 0 Å². The van der Waals surface area contributed by atoms with Crippen molar-refractivity contribution in [2.75, 3.05) is 0 Å². The summed E-state index contributed by atoms with van der Waals surface area (Å²) in [5, 5.41) is 8.25. The summed E-state index contributed by atoms with van der Waals surface area (Å²) in [4.78, 5) is 0. The molecule has 4 heteroatoms. The van der Waals surface area contributed by atoms with E-state index >= 15 is 0 Å². The lowest BCUT2D eigenvalue weighted by Crippen LogP contribution is -2.26. The quantitative estimate of drug-likeness (QED) is 0.774. The number of nitrogens with zero attached hydrogens (tertiary/aromatic N) is 3. The molecule has 1 aromatic heterocycles. The van der Waals surface area contributed by atoms with Gasteiger partial charge in [-0.15, -0.1) is 10.2 Å². The highest BCUT2D eigenvalue weighted by molar-refractivity contribution is 4.99. The molecular formula is C10H18N4. The summed E-state index contributed by atoms with van der Waals surface area (Å²) in [6, 6.07) is 0.281. The Morgan fingerprint density at radius 2 is 2.21 bits per heavy atom. The molecule has 0 radical (unpaired) electrons. The number of rotatable bonds is 4. The highest BCUT2D eigenvalue weighted by Crippen LogP contribution is 2.32. The zero-order valence-electron chi connectivity index (χ0n) is 8.90. The molecule has 0 saturated heterocycles. The minimum Gasteiger partial charge on any atom is -0.327 e. The van der Waals surface area contributed by atoms with Crippen molar-refractivity contribution in [3.8, 4) is 0 Å². The molecule has 1 heterocycles. The number of aromatic nitrogens is 3. The molecule has 0 amide bonds. The van der Waals surface area contributed by atoms with Gasteiger partial charge in [-0.1, -0.05) is 0 Å². The summed E-state index contributed by atoms with van der Waals surface area (Å²) in [6.45, 7) is 5.04. The van der Waals surface area contributed by atoms with Gasteiger partial charge in [0, 0.05) is 19.0 Å². The van der Waals surface area contributed by atoms with Gasteiger partial charge in [-0.05, 0) is 32.6 Å². The Kier molecular flexibility index (Phi) is 2.54. The Morgan fingerprint density at radius 1 is 1.50 bits per heavy atom. The van der Waals surface area contributed by atoms with E-state index in [9.17, 15) is 0 Å². The molecule has 14 heavy (non-hydrogen) atoms. The van der Waals surface area contributed by atoms with Crippen LogP contribution in [0.2, 0.25) is 0 Å². The standard InChI is InChI=1S/C10H18N4/c1-3-14-7(2)12-13-10(14)6-9(11)8-4-5-8/h8-9H,3-6,11H2,1-2H3. The van der Waals surface area contributed by atoms with Crippen molar-refractivity contribution < 1.29 is 0 Å². The fourth-order valence-electron chi connectivity index (χ4n) is 1.89. The van der Waals surface area contributed by atoms with Gasteiger partial charge in [-0.3, -0.25) is 0 Å². The van der Waals surface area contributed by atoms with Crippen molar-refractivity contribution in [2.24, 2.45) is 11.7 Å². The van der Waals surface area contributed by atoms with Crippen molar-refractivity contribution in [1.29, 1.82) is 0 Å². The summed E-state index contributed by atoms with van der Waals surface area (Å²) in [5.41, 5.74) is 6.06. The van der Waals surface area contributed by atoms with Crippen LogP contribution in [0, 0.1) is 12.8 Å². The average molecular weight is 194 g/mol. The minimum absolute atomic E-state index is 0.281. The number of hydrogen-bond acceptors (Lipinski definition) is 3. The van der Waals surface area contributed by atoms with Crippen molar-refractivity contribution in [1.82, 2.24) is 14.8 Å². The molecule has 1 aliphatic carbocycles. The third-order valence-electron chi connectivity index (χ3n) is 2.97. The van der Waals surface area contributed by atoms with Crippen LogP contribution in [0.25, 0.3) is 0 Å². The number of hydrogen-bond donors (Lipinski definition) is 1. The van der Waals surface area contributed by atoms with E-state index in [0.717, 1.165) is 30.5 Å². The first kappa shape index (κ1) is 9.65. The van der Waals surface area contributed by atoms with Crippen LogP contribution < -0.4 is 5.73 Å². The summed E-state index contributed by atoms with van der Waals surface area (Å²) >= 11 is 0. The smallest absolute Gasteiger partial charge is 0.134 e. The lowest BCUT2D eigenvalue weighted by atomic mass is 10.1. The molecule has 0 bridgehead atoms. The zero-order valence-corrected chi connectivity index (χ0v) is 8.90. The molecule has 1 aromatic rings. The monoisotopic (exact) mass is 194 g/mol. The Morgan fingerprint density at radius 3 is 2.79 bits per heavy atom. The van der Waals surface area contributed by atoms with E-state index < -0.39 is 0 Å². The van der Waals surface area contributed by atoms with Gasteiger partial charge in [0.05, 0.1) is 0 Å². The second kappa shape index (κ2) is 3.69. The first-order valence-corrected chi connectivity index (χ1v) is 5.36. The molecule has 4 nitrogen and oxygen atoms in total. The maximum Gasteiger partial charge on any atom is 0.134 e. The van der Waals surface area contributed by atoms with Gasteiger partial charge in [-0.25, -0.2) is 0 Å². The van der Waals surface area contributed by atoms with E-state index in [-0.39, 0.29) is 6.04 Å². The molecule has 2 N–H and O–H groups in total. The van der Waals surface area contributed by atoms with E-state index in [2.05, 4.69) is 21.7 Å². The first-order valence-electron chi connectivity index (χ1n) is 5.36. The van der Waals surface area contributed by atoms with Crippen molar-refractivity contribution in [3.63, 3.8) is 0 Å². The predicted octanol–water partition coefficient (Wildman–Crippen LogP) is 0.886. The lowest BCUT2D eigenvalue weighted by molar-refractivity contribution is 0.551. The summed E-state index contributed by atoms with van der Waals surface area (Å²) in [5.74, 6) is 2.77. The fraction of sp³-hybridized carbons (Fsp3) is 0.800. The van der Waals surface area contributed by atoms with Crippen molar-refractivity contribution in [3.05, 3.63) is 11.6 Å². The molecule has 0 aliphatic heterocycles. The molecular weight excluding hydrogens is 176 g/mol. The Labute approximate surface area is 84.5 Å². The SMILES string of the molecule is CCn1c(C)nnc1CC(N)C1CC1. The Balaban J connectivity index is 2.07. The van der Waals surface area contributed by atoms with Gasteiger partial charge in [0.15, 0.2) is 0 Å². The largest absolute Gasteiger partial charge is 0.327 e. The third-order valence-corrected chi connectivity index (χ3v) is 2.97. The second-order valence-electron chi connectivity index (χ2n) is 4.11. The van der Waals surface area contributed by atoms with Crippen molar-refractivity contribution >= 4 is 0 Å². The lowest BCUT2D eigenvalue weighted by Gasteiger charge is -2.10. The molecule has 0 spiro atoms. The van der Waals surface area contributed by atoms with Gasteiger partial charge in [0.25, 0.3) is 0 Å². The topological polar surface area (TPSA) is 56.7 Å². The van der Waals surface area contributed by atoms with Crippen LogP contribution in [-0.4, -0.2) is 20.8 Å². The van der Waals surface area contributed by atoms with Gasteiger partial charge >= 0.3 is 0 Å². The van der Waals surface area contributed by atoms with Crippen LogP contribution in [0.15, 0.2) is 0 Å². The van der Waals surface area contributed by atoms with Gasteiger partial charge in [-0.2, -0.15) is 0 Å². The van der Waals surface area contributed by atoms with Crippen LogP contribution in [0.5, 0.6) is 0 Å². The highest BCUT2D eigenvalue weighted by Gasteiger charge is 2.29. The normalized spacial score (nSPS) is 18.5. The van der Waals surface area contributed by atoms with Gasteiger partial charge in [0.1, 0.15) is 11.6 Å².